The lowest BCUT2D eigenvalue weighted by atomic mass is 9.79. The summed E-state index contributed by atoms with van der Waals surface area (Å²) in [4.78, 5) is 0.994. The SMILES string of the molecule is [2H]C1([2H])[C@H](CC(C)C)[C@H](O)C[C@H]2c3cc(OC)c(OC)cc3C([2H])([2H])C([2H])([2H])N21. The fourth-order valence-electron chi connectivity index (χ4n) is 3.35. The summed E-state index contributed by atoms with van der Waals surface area (Å²) in [6.07, 6.45) is -3.00. The molecule has 2 heterocycles. The van der Waals surface area contributed by atoms with Crippen molar-refractivity contribution in [3.05, 3.63) is 23.3 Å². The van der Waals surface area contributed by atoms with Crippen molar-refractivity contribution in [3.8, 4) is 11.5 Å². The fraction of sp³-hybridized carbons (Fsp3) is 0.684. The molecule has 128 valence electrons. The van der Waals surface area contributed by atoms with Gasteiger partial charge in [-0.25, -0.2) is 0 Å². The van der Waals surface area contributed by atoms with Gasteiger partial charge < -0.3 is 14.6 Å². The number of hydrogen-bond donors (Lipinski definition) is 1. The molecule has 0 unspecified atom stereocenters. The summed E-state index contributed by atoms with van der Waals surface area (Å²) in [5.41, 5.74) is 0.500. The van der Waals surface area contributed by atoms with Gasteiger partial charge in [-0.1, -0.05) is 13.8 Å². The molecule has 1 aromatic rings. The van der Waals surface area contributed by atoms with E-state index < -0.39 is 37.4 Å². The van der Waals surface area contributed by atoms with Crippen LogP contribution in [0.1, 0.15) is 52.1 Å². The minimum Gasteiger partial charge on any atom is -0.493 e. The minimum atomic E-state index is -2.64. The Labute approximate surface area is 147 Å². The van der Waals surface area contributed by atoms with E-state index in [0.29, 0.717) is 17.7 Å². The summed E-state index contributed by atoms with van der Waals surface area (Å²) >= 11 is 0. The molecule has 1 saturated heterocycles. The highest BCUT2D eigenvalue weighted by atomic mass is 16.5. The van der Waals surface area contributed by atoms with Gasteiger partial charge in [0.25, 0.3) is 0 Å². The number of nitrogens with zero attached hydrogens (tertiary/aromatic N) is 1. The Bertz CT molecular complexity index is 785. The van der Waals surface area contributed by atoms with Crippen LogP contribution in [0.25, 0.3) is 0 Å². The zero-order chi connectivity index (χ0) is 21.9. The molecule has 0 bridgehead atoms. The van der Waals surface area contributed by atoms with E-state index in [1.54, 1.807) is 6.07 Å². The van der Waals surface area contributed by atoms with Crippen LogP contribution in [0, 0.1) is 11.8 Å². The van der Waals surface area contributed by atoms with Gasteiger partial charge in [0.15, 0.2) is 11.5 Å². The minimum absolute atomic E-state index is 0.0895. The van der Waals surface area contributed by atoms with Crippen molar-refractivity contribution < 1.29 is 22.8 Å². The van der Waals surface area contributed by atoms with E-state index in [-0.39, 0.29) is 23.7 Å². The maximum absolute atomic E-state index is 10.8. The lowest BCUT2D eigenvalue weighted by Crippen LogP contribution is -2.48. The average molecular weight is 325 g/mol. The molecule has 0 radical (unpaired) electrons. The van der Waals surface area contributed by atoms with E-state index in [9.17, 15) is 5.11 Å². The van der Waals surface area contributed by atoms with Crippen molar-refractivity contribution in [1.29, 1.82) is 0 Å². The molecule has 2 aliphatic rings. The molecule has 1 N–H and O–H groups in total. The maximum Gasteiger partial charge on any atom is 0.161 e. The second-order valence-corrected chi connectivity index (χ2v) is 6.59. The zero-order valence-electron chi connectivity index (χ0n) is 20.1. The first-order chi connectivity index (χ1) is 13.3. The molecule has 1 fully saturated rings. The van der Waals surface area contributed by atoms with E-state index >= 15 is 0 Å². The van der Waals surface area contributed by atoms with Gasteiger partial charge in [0.1, 0.15) is 0 Å². The molecule has 4 heteroatoms. The van der Waals surface area contributed by atoms with Crippen molar-refractivity contribution in [2.75, 3.05) is 27.2 Å². The normalized spacial score (nSPS) is 37.9. The summed E-state index contributed by atoms with van der Waals surface area (Å²) in [7, 11) is 2.87. The van der Waals surface area contributed by atoms with Crippen molar-refractivity contribution in [2.24, 2.45) is 11.8 Å². The Kier molecular flexibility index (Phi) is 3.08. The predicted octanol–water partition coefficient (Wildman–Crippen LogP) is 3.03. The van der Waals surface area contributed by atoms with Crippen LogP contribution in [0.15, 0.2) is 12.1 Å². The van der Waals surface area contributed by atoms with Crippen molar-refractivity contribution in [1.82, 2.24) is 4.90 Å². The van der Waals surface area contributed by atoms with Crippen LogP contribution >= 0.6 is 0 Å². The third kappa shape index (κ3) is 3.20. The van der Waals surface area contributed by atoms with E-state index in [4.69, 9.17) is 17.7 Å². The Morgan fingerprint density at radius 1 is 1.30 bits per heavy atom. The Morgan fingerprint density at radius 3 is 2.65 bits per heavy atom. The Balaban J connectivity index is 2.24. The molecule has 0 amide bonds. The van der Waals surface area contributed by atoms with Crippen LogP contribution in [-0.4, -0.2) is 43.3 Å². The molecule has 3 atom stereocenters. The van der Waals surface area contributed by atoms with Gasteiger partial charge in [-0.15, -0.1) is 0 Å². The fourth-order valence-corrected chi connectivity index (χ4v) is 3.35. The van der Waals surface area contributed by atoms with Gasteiger partial charge >= 0.3 is 0 Å². The number of rotatable bonds is 4. The molecule has 0 spiro atoms. The molecule has 2 aliphatic heterocycles. The third-order valence-corrected chi connectivity index (χ3v) is 4.50. The molecular weight excluding hydrogens is 290 g/mol. The van der Waals surface area contributed by atoms with Gasteiger partial charge in [0, 0.05) is 27.3 Å². The highest BCUT2D eigenvalue weighted by Gasteiger charge is 2.38. The Morgan fingerprint density at radius 2 is 2.00 bits per heavy atom. The molecule has 0 saturated carbocycles. The summed E-state index contributed by atoms with van der Waals surface area (Å²) in [6, 6.07) is 2.16. The first kappa shape index (κ1) is 10.6. The zero-order valence-corrected chi connectivity index (χ0v) is 14.1. The lowest BCUT2D eigenvalue weighted by Gasteiger charge is -2.46. The maximum atomic E-state index is 10.8. The number of piperidine rings is 1. The van der Waals surface area contributed by atoms with Crippen LogP contribution in [0.5, 0.6) is 11.5 Å². The number of ether oxygens (including phenoxy) is 2. The van der Waals surface area contributed by atoms with Crippen molar-refractivity contribution >= 4 is 0 Å². The quantitative estimate of drug-likeness (QED) is 0.924. The number of aliphatic hydroxyl groups excluding tert-OH is 1. The number of fused-ring (bicyclic) bond motifs is 3. The molecule has 3 rings (SSSR count). The molecule has 0 aromatic heterocycles. The number of benzene rings is 1. The van der Waals surface area contributed by atoms with Gasteiger partial charge in [0.05, 0.1) is 20.3 Å². The summed E-state index contributed by atoms with van der Waals surface area (Å²) in [5, 5.41) is 10.8. The average Bonchev–Trinajstić information content (AvgIpc) is 2.61. The lowest BCUT2D eigenvalue weighted by molar-refractivity contribution is -0.0191. The largest absolute Gasteiger partial charge is 0.493 e. The van der Waals surface area contributed by atoms with Crippen LogP contribution < -0.4 is 9.47 Å². The number of aliphatic hydroxyl groups is 1. The van der Waals surface area contributed by atoms with Crippen LogP contribution in [-0.2, 0) is 6.37 Å². The number of aryl methyl sites for hydroxylation is 1. The third-order valence-electron chi connectivity index (χ3n) is 4.50. The first-order valence-corrected chi connectivity index (χ1v) is 8.04. The number of hydrogen-bond acceptors (Lipinski definition) is 4. The summed E-state index contributed by atoms with van der Waals surface area (Å²) < 4.78 is 62.6. The van der Waals surface area contributed by atoms with E-state index in [0.717, 1.165) is 4.90 Å². The Hall–Kier alpha value is -1.26. The van der Waals surface area contributed by atoms with E-state index in [2.05, 4.69) is 0 Å². The first-order valence-electron chi connectivity index (χ1n) is 11.0. The molecular formula is C19H29NO3. The summed E-state index contributed by atoms with van der Waals surface area (Å²) in [5.74, 6) is -0.100. The highest BCUT2D eigenvalue weighted by Crippen LogP contribution is 2.43. The van der Waals surface area contributed by atoms with E-state index in [1.807, 2.05) is 13.8 Å². The van der Waals surface area contributed by atoms with Crippen molar-refractivity contribution in [3.63, 3.8) is 0 Å². The highest BCUT2D eigenvalue weighted by molar-refractivity contribution is 5.49. The van der Waals surface area contributed by atoms with Crippen LogP contribution in [0.2, 0.25) is 0 Å². The molecule has 1 aromatic carbocycles. The standard InChI is InChI=1S/C19H29NO3/c1-12(2)7-14-11-20-6-5-13-8-18(22-3)19(23-4)9-15(13)16(20)10-17(14)21/h8-9,12,14,16-17,21H,5-7,10-11H2,1-4H3/t14-,16-,17+/m0/s1/i5D2,6D2,11D2. The molecule has 4 nitrogen and oxygen atoms in total. The second kappa shape index (κ2) is 6.70. The van der Waals surface area contributed by atoms with Gasteiger partial charge in [-0.05, 0) is 54.3 Å². The molecule has 0 aliphatic carbocycles. The van der Waals surface area contributed by atoms with Gasteiger partial charge in [0.2, 0.25) is 0 Å². The van der Waals surface area contributed by atoms with Crippen molar-refractivity contribution in [2.45, 2.75) is 45.2 Å². The molecule has 23 heavy (non-hydrogen) atoms. The van der Waals surface area contributed by atoms with E-state index in [1.165, 1.54) is 20.3 Å². The number of methoxy groups -OCH3 is 2. The smallest absolute Gasteiger partial charge is 0.161 e. The summed E-state index contributed by atoms with van der Waals surface area (Å²) in [6.45, 7) is -1.03. The van der Waals surface area contributed by atoms with Crippen LogP contribution in [0.3, 0.4) is 0 Å². The topological polar surface area (TPSA) is 41.9 Å². The van der Waals surface area contributed by atoms with Crippen LogP contribution in [0.4, 0.5) is 0 Å². The monoisotopic (exact) mass is 325 g/mol. The predicted molar refractivity (Wildman–Crippen MR) is 91.1 cm³/mol. The van der Waals surface area contributed by atoms with Gasteiger partial charge in [-0.3, -0.25) is 4.90 Å². The van der Waals surface area contributed by atoms with Gasteiger partial charge in [-0.2, -0.15) is 0 Å². The second-order valence-electron chi connectivity index (χ2n) is 6.59.